The van der Waals surface area contributed by atoms with E-state index in [0.717, 1.165) is 0 Å². The van der Waals surface area contributed by atoms with Crippen LogP contribution in [0.15, 0.2) is 4.52 Å². The van der Waals surface area contributed by atoms with Crippen molar-refractivity contribution in [3.8, 4) is 0 Å². The highest BCUT2D eigenvalue weighted by Gasteiger charge is 2.13. The Balaban J connectivity index is 2.39. The van der Waals surface area contributed by atoms with Gasteiger partial charge in [-0.05, 0) is 13.3 Å². The van der Waals surface area contributed by atoms with E-state index in [0.29, 0.717) is 24.6 Å². The van der Waals surface area contributed by atoms with Crippen LogP contribution in [-0.4, -0.2) is 27.3 Å². The normalized spacial score (nSPS) is 12.8. The van der Waals surface area contributed by atoms with E-state index in [4.69, 9.17) is 15.4 Å². The van der Waals surface area contributed by atoms with Crippen LogP contribution in [0.3, 0.4) is 0 Å². The number of nitrogens with two attached hydrogens (primary N) is 1. The fourth-order valence-electron chi connectivity index (χ4n) is 0.844. The number of carboxylic acids is 1. The van der Waals surface area contributed by atoms with Gasteiger partial charge in [-0.3, -0.25) is 4.79 Å². The summed E-state index contributed by atoms with van der Waals surface area (Å²) in [6, 6.07) is -0.868. The first-order valence-electron chi connectivity index (χ1n) is 3.87. The van der Waals surface area contributed by atoms with E-state index in [-0.39, 0.29) is 0 Å². The highest BCUT2D eigenvalue weighted by molar-refractivity contribution is 5.72. The molecule has 6 heteroatoms. The monoisotopic (exact) mass is 185 g/mol. The Morgan fingerprint density at radius 3 is 2.92 bits per heavy atom. The van der Waals surface area contributed by atoms with Crippen LogP contribution in [0.25, 0.3) is 0 Å². The molecule has 3 N–H and O–H groups in total. The molecule has 0 spiro atoms. The van der Waals surface area contributed by atoms with Crippen molar-refractivity contribution in [3.05, 3.63) is 11.7 Å². The molecule has 0 aliphatic carbocycles. The molecule has 0 radical (unpaired) electrons. The average Bonchev–Trinajstić information content (AvgIpc) is 2.47. The molecular weight excluding hydrogens is 174 g/mol. The molecule has 6 nitrogen and oxygen atoms in total. The first-order valence-corrected chi connectivity index (χ1v) is 3.87. The number of aromatic nitrogens is 2. The summed E-state index contributed by atoms with van der Waals surface area (Å²) in [5, 5.41) is 12.0. The molecular formula is C7H11N3O3. The molecule has 13 heavy (non-hydrogen) atoms. The van der Waals surface area contributed by atoms with Crippen molar-refractivity contribution >= 4 is 5.97 Å². The summed E-state index contributed by atoms with van der Waals surface area (Å²) in [4.78, 5) is 14.2. The first-order chi connectivity index (χ1) is 6.09. The number of carboxylic acid groups (broad SMARTS) is 1. The lowest BCUT2D eigenvalue weighted by Gasteiger charge is -2.01. The van der Waals surface area contributed by atoms with Crippen molar-refractivity contribution in [1.82, 2.24) is 10.1 Å². The Bertz CT molecular complexity index is 297. The quantitative estimate of drug-likeness (QED) is 0.668. The topological polar surface area (TPSA) is 102 Å². The third-order valence-corrected chi connectivity index (χ3v) is 1.56. The number of hydrogen-bond donors (Lipinski definition) is 2. The SMILES string of the molecule is Cc1noc(CCC(N)C(=O)O)n1. The third kappa shape index (κ3) is 2.83. The van der Waals surface area contributed by atoms with Gasteiger partial charge in [0.05, 0.1) is 0 Å². The summed E-state index contributed by atoms with van der Waals surface area (Å²) in [7, 11) is 0. The second-order valence-corrected chi connectivity index (χ2v) is 2.72. The van der Waals surface area contributed by atoms with Gasteiger partial charge in [-0.1, -0.05) is 5.16 Å². The van der Waals surface area contributed by atoms with Crippen LogP contribution >= 0.6 is 0 Å². The highest BCUT2D eigenvalue weighted by Crippen LogP contribution is 2.01. The van der Waals surface area contributed by atoms with Crippen molar-refractivity contribution in [3.63, 3.8) is 0 Å². The summed E-state index contributed by atoms with van der Waals surface area (Å²) in [5.74, 6) is -0.0515. The minimum absolute atomic E-state index is 0.303. The first kappa shape index (κ1) is 9.66. The van der Waals surface area contributed by atoms with Gasteiger partial charge in [0.25, 0.3) is 0 Å². The standard InChI is InChI=1S/C7H11N3O3/c1-4-9-6(13-10-4)3-2-5(8)7(11)12/h5H,2-3,8H2,1H3,(H,11,12). The fraction of sp³-hybridized carbons (Fsp3) is 0.571. The summed E-state index contributed by atoms with van der Waals surface area (Å²) in [6.07, 6.45) is 0.700. The van der Waals surface area contributed by atoms with E-state index in [1.165, 1.54) is 0 Å². The predicted molar refractivity (Wildman–Crippen MR) is 43.0 cm³/mol. The van der Waals surface area contributed by atoms with Crippen LogP contribution in [0.4, 0.5) is 0 Å². The molecule has 0 saturated carbocycles. The second kappa shape index (κ2) is 3.99. The molecule has 1 atom stereocenters. The zero-order chi connectivity index (χ0) is 9.84. The molecule has 1 rings (SSSR count). The van der Waals surface area contributed by atoms with Gasteiger partial charge >= 0.3 is 5.97 Å². The van der Waals surface area contributed by atoms with Gasteiger partial charge in [-0.25, -0.2) is 0 Å². The Morgan fingerprint density at radius 1 is 1.77 bits per heavy atom. The average molecular weight is 185 g/mol. The lowest BCUT2D eigenvalue weighted by atomic mass is 10.2. The van der Waals surface area contributed by atoms with Crippen molar-refractivity contribution in [1.29, 1.82) is 0 Å². The van der Waals surface area contributed by atoms with Gasteiger partial charge < -0.3 is 15.4 Å². The van der Waals surface area contributed by atoms with Crippen LogP contribution < -0.4 is 5.73 Å². The van der Waals surface area contributed by atoms with Crippen LogP contribution in [0.5, 0.6) is 0 Å². The molecule has 0 aromatic carbocycles. The minimum atomic E-state index is -1.02. The number of hydrogen-bond acceptors (Lipinski definition) is 5. The molecule has 1 aromatic rings. The van der Waals surface area contributed by atoms with Crippen LogP contribution in [0, 0.1) is 6.92 Å². The zero-order valence-corrected chi connectivity index (χ0v) is 7.23. The van der Waals surface area contributed by atoms with Crippen LogP contribution in [-0.2, 0) is 11.2 Å². The van der Waals surface area contributed by atoms with Crippen molar-refractivity contribution in [2.24, 2.45) is 5.73 Å². The highest BCUT2D eigenvalue weighted by atomic mass is 16.5. The van der Waals surface area contributed by atoms with E-state index in [1.54, 1.807) is 6.92 Å². The Labute approximate surface area is 74.7 Å². The lowest BCUT2D eigenvalue weighted by Crippen LogP contribution is -2.30. The van der Waals surface area contributed by atoms with E-state index < -0.39 is 12.0 Å². The van der Waals surface area contributed by atoms with E-state index >= 15 is 0 Å². The fourth-order valence-corrected chi connectivity index (χ4v) is 0.844. The number of carbonyl (C=O) groups is 1. The van der Waals surface area contributed by atoms with Crippen molar-refractivity contribution in [2.45, 2.75) is 25.8 Å². The van der Waals surface area contributed by atoms with Gasteiger partial charge in [0.1, 0.15) is 6.04 Å². The smallest absolute Gasteiger partial charge is 0.320 e. The summed E-state index contributed by atoms with van der Waals surface area (Å²) >= 11 is 0. The molecule has 1 unspecified atom stereocenters. The lowest BCUT2D eigenvalue weighted by molar-refractivity contribution is -0.138. The van der Waals surface area contributed by atoms with Gasteiger partial charge in [0.15, 0.2) is 5.82 Å². The van der Waals surface area contributed by atoms with Crippen molar-refractivity contribution in [2.75, 3.05) is 0 Å². The largest absolute Gasteiger partial charge is 0.480 e. The summed E-state index contributed by atoms with van der Waals surface area (Å²) in [5.41, 5.74) is 5.28. The van der Waals surface area contributed by atoms with Gasteiger partial charge in [0, 0.05) is 6.42 Å². The van der Waals surface area contributed by atoms with E-state index in [2.05, 4.69) is 10.1 Å². The third-order valence-electron chi connectivity index (χ3n) is 1.56. The molecule has 0 aliphatic heterocycles. The Hall–Kier alpha value is -1.43. The molecule has 0 saturated heterocycles. The number of aliphatic carboxylic acids is 1. The maximum atomic E-state index is 10.3. The Kier molecular flexibility index (Phi) is 2.97. The Morgan fingerprint density at radius 2 is 2.46 bits per heavy atom. The molecule has 1 heterocycles. The zero-order valence-electron chi connectivity index (χ0n) is 7.23. The number of aryl methyl sites for hydroxylation is 2. The predicted octanol–water partition coefficient (Wildman–Crippen LogP) is -0.277. The van der Waals surface area contributed by atoms with Crippen molar-refractivity contribution < 1.29 is 14.4 Å². The molecule has 0 amide bonds. The molecule has 0 aliphatic rings. The maximum absolute atomic E-state index is 10.3. The minimum Gasteiger partial charge on any atom is -0.480 e. The molecule has 72 valence electrons. The molecule has 1 aromatic heterocycles. The van der Waals surface area contributed by atoms with Crippen LogP contribution in [0.1, 0.15) is 18.1 Å². The van der Waals surface area contributed by atoms with Gasteiger partial charge in [0.2, 0.25) is 5.89 Å². The van der Waals surface area contributed by atoms with Crippen LogP contribution in [0.2, 0.25) is 0 Å². The molecule has 0 fully saturated rings. The maximum Gasteiger partial charge on any atom is 0.320 e. The van der Waals surface area contributed by atoms with E-state index in [9.17, 15) is 4.79 Å². The second-order valence-electron chi connectivity index (χ2n) is 2.72. The number of nitrogens with zero attached hydrogens (tertiary/aromatic N) is 2. The van der Waals surface area contributed by atoms with Gasteiger partial charge in [-0.2, -0.15) is 4.98 Å². The molecule has 0 bridgehead atoms. The summed E-state index contributed by atoms with van der Waals surface area (Å²) in [6.45, 7) is 1.70. The number of rotatable bonds is 4. The van der Waals surface area contributed by atoms with E-state index in [1.807, 2.05) is 0 Å². The summed E-state index contributed by atoms with van der Waals surface area (Å²) < 4.78 is 4.78. The van der Waals surface area contributed by atoms with Gasteiger partial charge in [-0.15, -0.1) is 0 Å².